The molecule has 0 saturated heterocycles. The van der Waals surface area contributed by atoms with E-state index >= 15 is 0 Å². The van der Waals surface area contributed by atoms with Crippen molar-refractivity contribution in [1.29, 1.82) is 0 Å². The zero-order valence-corrected chi connectivity index (χ0v) is 12.1. The van der Waals surface area contributed by atoms with Crippen LogP contribution >= 0.6 is 0 Å². The summed E-state index contributed by atoms with van der Waals surface area (Å²) in [4.78, 5) is 19.3. The molecule has 0 radical (unpaired) electrons. The monoisotopic (exact) mass is 312 g/mol. The second-order valence-corrected chi connectivity index (χ2v) is 2.57. The molecule has 0 spiro atoms. The van der Waals surface area contributed by atoms with Gasteiger partial charge in [0.15, 0.2) is 0 Å². The Balaban J connectivity index is 0. The molecule has 0 bridgehead atoms. The molecule has 0 aromatic carbocycles. The summed E-state index contributed by atoms with van der Waals surface area (Å²) < 4.78 is 17.0. The van der Waals surface area contributed by atoms with E-state index in [0.717, 1.165) is 0 Å². The first-order valence-corrected chi connectivity index (χ1v) is 4.42. The Morgan fingerprint density at radius 3 is 1.45 bits per heavy atom. The number of furan rings is 2. The molecular formula is C10H8CaO9. The number of carbonyl (C=O) groups excluding carboxylic acids is 2. The Kier molecular flexibility index (Phi) is 11.5. The van der Waals surface area contributed by atoms with Gasteiger partial charge in [-0.05, 0) is 12.1 Å². The minimum absolute atomic E-state index is 0. The van der Waals surface area contributed by atoms with Gasteiger partial charge in [-0.25, -0.2) is 0 Å². The summed E-state index contributed by atoms with van der Waals surface area (Å²) in [5.41, 5.74) is 0. The van der Waals surface area contributed by atoms with Crippen LogP contribution in [0, 0.1) is 0 Å². The molecule has 20 heavy (non-hydrogen) atoms. The van der Waals surface area contributed by atoms with Crippen LogP contribution in [-0.2, 0) is 0 Å². The summed E-state index contributed by atoms with van der Waals surface area (Å²) in [7, 11) is 0. The first-order valence-electron chi connectivity index (χ1n) is 4.42. The minimum atomic E-state index is -1.62. The van der Waals surface area contributed by atoms with E-state index in [9.17, 15) is 19.8 Å². The van der Waals surface area contributed by atoms with Gasteiger partial charge in [-0.2, -0.15) is 0 Å². The van der Waals surface area contributed by atoms with Crippen LogP contribution in [0.2, 0.25) is 0 Å². The average molecular weight is 312 g/mol. The smallest absolute Gasteiger partial charge is 0.484 e. The average Bonchev–Trinajstić information content (AvgIpc) is 2.90. The normalized spacial score (nSPS) is 8.00. The van der Waals surface area contributed by atoms with Crippen molar-refractivity contribution < 1.29 is 43.6 Å². The van der Waals surface area contributed by atoms with Crippen molar-refractivity contribution in [2.24, 2.45) is 0 Å². The van der Waals surface area contributed by atoms with E-state index in [1.54, 1.807) is 0 Å². The predicted molar refractivity (Wildman–Crippen MR) is 58.8 cm³/mol. The van der Waals surface area contributed by atoms with Crippen LogP contribution in [-0.4, -0.2) is 55.5 Å². The van der Waals surface area contributed by atoms with Crippen LogP contribution in [0.1, 0.15) is 0 Å². The summed E-state index contributed by atoms with van der Waals surface area (Å²) in [6.07, 6.45) is -0.633. The molecule has 2 rings (SSSR count). The molecule has 2 heterocycles. The zero-order valence-electron chi connectivity index (χ0n) is 9.94. The molecule has 0 atom stereocenters. The number of hydrogen-bond donors (Lipinski definition) is 0. The van der Waals surface area contributed by atoms with Gasteiger partial charge < -0.3 is 43.6 Å². The van der Waals surface area contributed by atoms with Gasteiger partial charge >= 0.3 is 37.7 Å². The summed E-state index contributed by atoms with van der Waals surface area (Å²) in [6, 6.07) is 5.77. The van der Waals surface area contributed by atoms with Crippen molar-refractivity contribution in [3.63, 3.8) is 0 Å². The van der Waals surface area contributed by atoms with Crippen molar-refractivity contribution in [3.8, 4) is 11.9 Å². The number of rotatable bonds is 2. The summed E-state index contributed by atoms with van der Waals surface area (Å²) in [6.45, 7) is 0. The molecule has 2 aromatic heterocycles. The number of ether oxygens (including phenoxy) is 2. The molecule has 0 unspecified atom stereocenters. The summed E-state index contributed by atoms with van der Waals surface area (Å²) in [5, 5.41) is 19.3. The van der Waals surface area contributed by atoms with Crippen LogP contribution in [0.25, 0.3) is 0 Å². The van der Waals surface area contributed by atoms with Crippen LogP contribution in [0.4, 0.5) is 9.59 Å². The van der Waals surface area contributed by atoms with Gasteiger partial charge in [-0.3, -0.25) is 0 Å². The molecule has 9 nitrogen and oxygen atoms in total. The quantitative estimate of drug-likeness (QED) is 0.494. The fourth-order valence-electron chi connectivity index (χ4n) is 0.807. The minimum Gasteiger partial charge on any atom is -0.484 e. The Morgan fingerprint density at radius 2 is 1.25 bits per heavy atom. The Labute approximate surface area is 142 Å². The second-order valence-electron chi connectivity index (χ2n) is 2.57. The van der Waals surface area contributed by atoms with Gasteiger partial charge in [0.05, 0.1) is 12.5 Å². The van der Waals surface area contributed by atoms with E-state index in [1.807, 2.05) is 0 Å². The molecule has 104 valence electrons. The summed E-state index contributed by atoms with van der Waals surface area (Å²) >= 11 is 0. The molecule has 0 amide bonds. The molecular weight excluding hydrogens is 304 g/mol. The van der Waals surface area contributed by atoms with E-state index < -0.39 is 12.3 Å². The maximum atomic E-state index is 9.67. The van der Waals surface area contributed by atoms with Crippen molar-refractivity contribution in [1.82, 2.24) is 0 Å². The van der Waals surface area contributed by atoms with Crippen LogP contribution in [0.5, 0.6) is 11.9 Å². The Morgan fingerprint density at radius 1 is 0.900 bits per heavy atom. The molecule has 0 aliphatic carbocycles. The molecule has 10 heteroatoms. The Bertz CT molecular complexity index is 431. The number of hydrogen-bond acceptors (Lipinski definition) is 8. The van der Waals surface area contributed by atoms with Gasteiger partial charge in [-0.1, -0.05) is 0 Å². The van der Waals surface area contributed by atoms with Gasteiger partial charge in [0.1, 0.15) is 0 Å². The number of carboxylic acid groups (broad SMARTS) is 2. The fourth-order valence-corrected chi connectivity index (χ4v) is 0.807. The largest absolute Gasteiger partial charge is 2.00 e. The summed E-state index contributed by atoms with van der Waals surface area (Å²) in [5.74, 6) is -0.148. The molecule has 0 fully saturated rings. The molecule has 2 N–H and O–H groups in total. The number of carbonyl (C=O) groups is 2. The molecule has 2 aromatic rings. The SMILES string of the molecule is O.O=C([O-])Oc1ccco1.O=C([O-])Oc1ccco1.[Ca+2]. The molecule has 0 aliphatic rings. The maximum absolute atomic E-state index is 9.67. The molecule has 0 saturated carbocycles. The van der Waals surface area contributed by atoms with Gasteiger partial charge in [-0.15, -0.1) is 0 Å². The van der Waals surface area contributed by atoms with Crippen molar-refractivity contribution in [3.05, 3.63) is 36.8 Å². The Hall–Kier alpha value is -1.68. The predicted octanol–water partition coefficient (Wildman–Crippen LogP) is -1.20. The van der Waals surface area contributed by atoms with Crippen molar-refractivity contribution in [2.45, 2.75) is 0 Å². The van der Waals surface area contributed by atoms with E-state index in [-0.39, 0.29) is 55.1 Å². The zero-order chi connectivity index (χ0) is 13.4. The van der Waals surface area contributed by atoms with Crippen LogP contribution in [0.3, 0.4) is 0 Å². The standard InChI is InChI=1S/2C5H4O4.Ca.H2O/c2*6-5(7)9-4-2-1-3-8-4;;/h2*1-3H,(H,6,7);;1H2/q;;+2;/p-2. The maximum Gasteiger partial charge on any atom is 2.00 e. The van der Waals surface area contributed by atoms with Crippen molar-refractivity contribution >= 4 is 50.0 Å². The van der Waals surface area contributed by atoms with Crippen molar-refractivity contribution in [2.75, 3.05) is 0 Å². The van der Waals surface area contributed by atoms with Gasteiger partial charge in [0.2, 0.25) is 11.9 Å². The van der Waals surface area contributed by atoms with E-state index in [4.69, 9.17) is 0 Å². The van der Waals surface area contributed by atoms with E-state index in [0.29, 0.717) is 0 Å². The first kappa shape index (κ1) is 20.6. The van der Waals surface area contributed by atoms with E-state index in [2.05, 4.69) is 18.3 Å². The van der Waals surface area contributed by atoms with Gasteiger partial charge in [0, 0.05) is 12.1 Å². The van der Waals surface area contributed by atoms with Crippen LogP contribution < -0.4 is 19.7 Å². The topological polar surface area (TPSA) is 156 Å². The van der Waals surface area contributed by atoms with Crippen LogP contribution in [0.15, 0.2) is 45.6 Å². The third-order valence-electron chi connectivity index (χ3n) is 1.36. The first-order chi connectivity index (χ1) is 8.58. The second kappa shape index (κ2) is 11.2. The molecule has 0 aliphatic heterocycles. The van der Waals surface area contributed by atoms with Gasteiger partial charge in [0.25, 0.3) is 12.3 Å². The fraction of sp³-hybridized carbons (Fsp3) is 0. The third kappa shape index (κ3) is 9.28. The van der Waals surface area contributed by atoms with E-state index in [1.165, 1.54) is 36.8 Å². The third-order valence-corrected chi connectivity index (χ3v) is 1.36.